The summed E-state index contributed by atoms with van der Waals surface area (Å²) in [5.41, 5.74) is 2.04. The molecule has 0 saturated carbocycles. The van der Waals surface area contributed by atoms with E-state index in [1.807, 2.05) is 30.3 Å². The molecule has 0 aromatic heterocycles. The minimum Gasteiger partial charge on any atom is -0.388 e. The SMILES string of the molecule is O=C(Nc1ccc(N=Nc2ccccc2)cc1)N1CC(O)C(O)C1. The van der Waals surface area contributed by atoms with Crippen molar-refractivity contribution in [2.75, 3.05) is 18.4 Å². The number of benzene rings is 2. The maximum Gasteiger partial charge on any atom is 0.322 e. The van der Waals surface area contributed by atoms with E-state index in [0.717, 1.165) is 5.69 Å². The van der Waals surface area contributed by atoms with Crippen LogP contribution >= 0.6 is 0 Å². The highest BCUT2D eigenvalue weighted by molar-refractivity contribution is 5.89. The molecule has 1 saturated heterocycles. The molecular weight excluding hydrogens is 308 g/mol. The molecule has 0 aliphatic carbocycles. The molecule has 24 heavy (non-hydrogen) atoms. The summed E-state index contributed by atoms with van der Waals surface area (Å²) in [7, 11) is 0. The van der Waals surface area contributed by atoms with Gasteiger partial charge in [0.2, 0.25) is 0 Å². The third kappa shape index (κ3) is 3.95. The van der Waals surface area contributed by atoms with Gasteiger partial charge < -0.3 is 20.4 Å². The Kier molecular flexibility index (Phi) is 4.83. The van der Waals surface area contributed by atoms with Crippen molar-refractivity contribution in [1.82, 2.24) is 4.90 Å². The van der Waals surface area contributed by atoms with Crippen LogP contribution < -0.4 is 5.32 Å². The molecule has 1 heterocycles. The van der Waals surface area contributed by atoms with Crippen LogP contribution in [-0.2, 0) is 0 Å². The van der Waals surface area contributed by atoms with Gasteiger partial charge in [-0.1, -0.05) is 18.2 Å². The van der Waals surface area contributed by atoms with Crippen molar-refractivity contribution < 1.29 is 15.0 Å². The second kappa shape index (κ2) is 7.20. The Morgan fingerprint density at radius 3 is 2.04 bits per heavy atom. The summed E-state index contributed by atoms with van der Waals surface area (Å²) in [6, 6.07) is 16.0. The molecule has 2 aromatic carbocycles. The molecule has 3 N–H and O–H groups in total. The van der Waals surface area contributed by atoms with E-state index in [2.05, 4.69) is 15.5 Å². The number of nitrogens with zero attached hydrogens (tertiary/aromatic N) is 3. The van der Waals surface area contributed by atoms with Crippen molar-refractivity contribution in [3.8, 4) is 0 Å². The van der Waals surface area contributed by atoms with Crippen LogP contribution in [0.15, 0.2) is 64.8 Å². The summed E-state index contributed by atoms with van der Waals surface area (Å²) in [6.45, 7) is 0.243. The predicted octanol–water partition coefficient (Wildman–Crippen LogP) is 2.67. The van der Waals surface area contributed by atoms with Crippen molar-refractivity contribution >= 4 is 23.1 Å². The van der Waals surface area contributed by atoms with Crippen LogP contribution in [0.4, 0.5) is 21.9 Å². The number of carbonyl (C=O) groups is 1. The number of carbonyl (C=O) groups excluding carboxylic acids is 1. The first-order chi connectivity index (χ1) is 11.6. The normalized spacial score (nSPS) is 20.5. The molecule has 1 fully saturated rings. The second-order valence-electron chi connectivity index (χ2n) is 5.55. The monoisotopic (exact) mass is 326 g/mol. The summed E-state index contributed by atoms with van der Waals surface area (Å²) in [6.07, 6.45) is -1.78. The number of urea groups is 1. The molecule has 0 bridgehead atoms. The van der Waals surface area contributed by atoms with Crippen LogP contribution in [0.25, 0.3) is 0 Å². The highest BCUT2D eigenvalue weighted by Crippen LogP contribution is 2.20. The zero-order valence-electron chi connectivity index (χ0n) is 12.9. The van der Waals surface area contributed by atoms with E-state index in [1.54, 1.807) is 24.3 Å². The molecule has 7 nitrogen and oxygen atoms in total. The molecule has 3 rings (SSSR count). The molecule has 124 valence electrons. The first-order valence-electron chi connectivity index (χ1n) is 7.61. The number of nitrogens with one attached hydrogen (secondary N) is 1. The van der Waals surface area contributed by atoms with E-state index >= 15 is 0 Å². The van der Waals surface area contributed by atoms with Crippen LogP contribution in [0.1, 0.15) is 0 Å². The minimum atomic E-state index is -0.892. The van der Waals surface area contributed by atoms with Crippen LogP contribution in [-0.4, -0.2) is 46.4 Å². The second-order valence-corrected chi connectivity index (χ2v) is 5.55. The number of aliphatic hydroxyl groups excluding tert-OH is 2. The lowest BCUT2D eigenvalue weighted by molar-refractivity contribution is 0.0572. The Labute approximate surface area is 139 Å². The third-order valence-corrected chi connectivity index (χ3v) is 3.70. The maximum atomic E-state index is 12.1. The Bertz CT molecular complexity index is 708. The molecular formula is C17H18N4O3. The number of hydrogen-bond acceptors (Lipinski definition) is 5. The fourth-order valence-electron chi connectivity index (χ4n) is 2.36. The Hall–Kier alpha value is -2.77. The summed E-state index contributed by atoms with van der Waals surface area (Å²) >= 11 is 0. The van der Waals surface area contributed by atoms with Gasteiger partial charge in [-0.15, -0.1) is 0 Å². The number of anilines is 1. The van der Waals surface area contributed by atoms with E-state index in [0.29, 0.717) is 11.4 Å². The Morgan fingerprint density at radius 2 is 1.46 bits per heavy atom. The van der Waals surface area contributed by atoms with Gasteiger partial charge in [-0.2, -0.15) is 10.2 Å². The van der Waals surface area contributed by atoms with E-state index in [4.69, 9.17) is 0 Å². The Morgan fingerprint density at radius 1 is 0.917 bits per heavy atom. The largest absolute Gasteiger partial charge is 0.388 e. The first kappa shape index (κ1) is 16.1. The van der Waals surface area contributed by atoms with Gasteiger partial charge in [0, 0.05) is 5.69 Å². The van der Waals surface area contributed by atoms with Gasteiger partial charge in [0.1, 0.15) is 0 Å². The summed E-state index contributed by atoms with van der Waals surface area (Å²) in [4.78, 5) is 13.4. The van der Waals surface area contributed by atoms with Crippen LogP contribution in [0, 0.1) is 0 Å². The fourth-order valence-corrected chi connectivity index (χ4v) is 2.36. The van der Waals surface area contributed by atoms with Crippen molar-refractivity contribution in [3.05, 3.63) is 54.6 Å². The molecule has 0 radical (unpaired) electrons. The third-order valence-electron chi connectivity index (χ3n) is 3.70. The van der Waals surface area contributed by atoms with Gasteiger partial charge in [0.25, 0.3) is 0 Å². The number of hydrogen-bond donors (Lipinski definition) is 3. The summed E-state index contributed by atoms with van der Waals surface area (Å²) in [5, 5.41) is 29.9. The number of aliphatic hydroxyl groups is 2. The maximum absolute atomic E-state index is 12.1. The molecule has 2 atom stereocenters. The Balaban J connectivity index is 1.59. The average molecular weight is 326 g/mol. The van der Waals surface area contributed by atoms with Crippen LogP contribution in [0.3, 0.4) is 0 Å². The van der Waals surface area contributed by atoms with Crippen molar-refractivity contribution in [1.29, 1.82) is 0 Å². The van der Waals surface area contributed by atoms with Gasteiger partial charge in [-0.3, -0.25) is 0 Å². The molecule has 2 aromatic rings. The lowest BCUT2D eigenvalue weighted by atomic mass is 10.3. The van der Waals surface area contributed by atoms with Crippen molar-refractivity contribution in [2.45, 2.75) is 12.2 Å². The fraction of sp³-hybridized carbons (Fsp3) is 0.235. The summed E-state index contributed by atoms with van der Waals surface area (Å²) in [5.74, 6) is 0. The number of azo groups is 1. The van der Waals surface area contributed by atoms with E-state index < -0.39 is 12.2 Å². The van der Waals surface area contributed by atoms with Gasteiger partial charge in [0.15, 0.2) is 0 Å². The topological polar surface area (TPSA) is 97.5 Å². The van der Waals surface area contributed by atoms with Crippen molar-refractivity contribution in [3.63, 3.8) is 0 Å². The molecule has 2 amide bonds. The van der Waals surface area contributed by atoms with E-state index in [-0.39, 0.29) is 19.1 Å². The number of β-amino-alcohol motifs (C(OH)–C–C–N with tert-alkyl or cyclic N) is 2. The smallest absolute Gasteiger partial charge is 0.322 e. The molecule has 0 spiro atoms. The number of amides is 2. The predicted molar refractivity (Wildman–Crippen MR) is 89.7 cm³/mol. The van der Waals surface area contributed by atoms with Gasteiger partial charge >= 0.3 is 6.03 Å². The van der Waals surface area contributed by atoms with Crippen molar-refractivity contribution in [2.24, 2.45) is 10.2 Å². The van der Waals surface area contributed by atoms with Gasteiger partial charge in [-0.05, 0) is 36.4 Å². The lowest BCUT2D eigenvalue weighted by Gasteiger charge is -2.16. The number of rotatable bonds is 3. The van der Waals surface area contributed by atoms with Crippen LogP contribution in [0.5, 0.6) is 0 Å². The highest BCUT2D eigenvalue weighted by atomic mass is 16.3. The lowest BCUT2D eigenvalue weighted by Crippen LogP contribution is -2.33. The quantitative estimate of drug-likeness (QED) is 0.756. The van der Waals surface area contributed by atoms with Crippen LogP contribution in [0.2, 0.25) is 0 Å². The number of likely N-dealkylation sites (tertiary alicyclic amines) is 1. The standard InChI is InChI=1S/C17H18N4O3/c22-15-10-21(11-16(15)23)17(24)18-12-6-8-14(9-7-12)20-19-13-4-2-1-3-5-13/h1-9,15-16,22-23H,10-11H2,(H,18,24). The molecule has 2 unspecified atom stereocenters. The summed E-state index contributed by atoms with van der Waals surface area (Å²) < 4.78 is 0. The highest BCUT2D eigenvalue weighted by Gasteiger charge is 2.32. The molecule has 1 aliphatic rings. The van der Waals surface area contributed by atoms with E-state index in [1.165, 1.54) is 4.90 Å². The minimum absolute atomic E-state index is 0.121. The first-order valence-corrected chi connectivity index (χ1v) is 7.61. The molecule has 1 aliphatic heterocycles. The average Bonchev–Trinajstić information content (AvgIpc) is 2.94. The zero-order valence-corrected chi connectivity index (χ0v) is 12.9. The van der Waals surface area contributed by atoms with E-state index in [9.17, 15) is 15.0 Å². The molecule has 7 heteroatoms. The van der Waals surface area contributed by atoms with Gasteiger partial charge in [0.05, 0.1) is 36.7 Å². The zero-order chi connectivity index (χ0) is 16.9. The van der Waals surface area contributed by atoms with Gasteiger partial charge in [-0.25, -0.2) is 4.79 Å².